The van der Waals surface area contributed by atoms with Crippen molar-refractivity contribution < 1.29 is 4.79 Å². The first-order valence-electron chi connectivity index (χ1n) is 4.08. The van der Waals surface area contributed by atoms with Crippen molar-refractivity contribution in [1.29, 1.82) is 0 Å². The average molecular weight is 139 g/mol. The summed E-state index contributed by atoms with van der Waals surface area (Å²) in [6.07, 6.45) is 3.13. The summed E-state index contributed by atoms with van der Waals surface area (Å²) in [5, 5.41) is 0. The molecule has 56 valence electrons. The van der Waals surface area contributed by atoms with Gasteiger partial charge in [-0.05, 0) is 18.8 Å². The lowest BCUT2D eigenvalue weighted by atomic mass is 10.0. The second-order valence-corrected chi connectivity index (χ2v) is 3.46. The van der Waals surface area contributed by atoms with Gasteiger partial charge in [0.2, 0.25) is 5.91 Å². The Morgan fingerprint density at radius 3 is 3.00 bits per heavy atom. The molecule has 10 heavy (non-hydrogen) atoms. The molecule has 0 N–H and O–H groups in total. The number of amides is 1. The number of nitrogens with zero attached hydrogens (tertiary/aromatic N) is 1. The minimum Gasteiger partial charge on any atom is -0.339 e. The van der Waals surface area contributed by atoms with Crippen LogP contribution in [0.25, 0.3) is 0 Å². The van der Waals surface area contributed by atoms with Crippen LogP contribution in [0.1, 0.15) is 26.2 Å². The first kappa shape index (κ1) is 6.20. The van der Waals surface area contributed by atoms with Crippen LogP contribution in [-0.4, -0.2) is 23.4 Å². The van der Waals surface area contributed by atoms with Gasteiger partial charge in [-0.3, -0.25) is 4.79 Å². The summed E-state index contributed by atoms with van der Waals surface area (Å²) in [5.74, 6) is 1.14. The lowest BCUT2D eigenvalue weighted by Gasteiger charge is -2.16. The molecule has 1 amide bonds. The summed E-state index contributed by atoms with van der Waals surface area (Å²) in [7, 11) is 0. The second-order valence-electron chi connectivity index (χ2n) is 3.46. The van der Waals surface area contributed by atoms with Gasteiger partial charge in [-0.15, -0.1) is 0 Å². The Labute approximate surface area is 61.2 Å². The Morgan fingerprint density at radius 2 is 2.30 bits per heavy atom. The molecule has 2 nitrogen and oxygen atoms in total. The molecule has 0 aliphatic carbocycles. The standard InChI is InChI=1S/C8H13NO/c1-6-4-5-9-7(6)2-3-8(9)10/h6-7H,2-5H2,1H3/t6-,7-/m1/s1. The number of carbonyl (C=O) groups excluding carboxylic acids is 1. The van der Waals surface area contributed by atoms with Gasteiger partial charge in [0.05, 0.1) is 0 Å². The highest BCUT2D eigenvalue weighted by molar-refractivity contribution is 5.79. The SMILES string of the molecule is C[C@@H]1CCN2C(=O)CC[C@H]12. The maximum absolute atomic E-state index is 11.1. The van der Waals surface area contributed by atoms with Crippen LogP contribution in [0.4, 0.5) is 0 Å². The third-order valence-electron chi connectivity index (χ3n) is 2.86. The van der Waals surface area contributed by atoms with Gasteiger partial charge in [0, 0.05) is 19.0 Å². The second kappa shape index (κ2) is 1.97. The third kappa shape index (κ3) is 0.678. The van der Waals surface area contributed by atoms with E-state index in [0.29, 0.717) is 11.9 Å². The highest BCUT2D eigenvalue weighted by atomic mass is 16.2. The van der Waals surface area contributed by atoms with E-state index in [4.69, 9.17) is 0 Å². The molecule has 2 atom stereocenters. The molecule has 2 saturated heterocycles. The van der Waals surface area contributed by atoms with Gasteiger partial charge in [0.15, 0.2) is 0 Å². The van der Waals surface area contributed by atoms with E-state index in [2.05, 4.69) is 11.8 Å². The van der Waals surface area contributed by atoms with E-state index >= 15 is 0 Å². The minimum atomic E-state index is 0.384. The summed E-state index contributed by atoms with van der Waals surface area (Å²) in [6, 6.07) is 0.604. The van der Waals surface area contributed by atoms with E-state index in [1.807, 2.05) is 0 Å². The van der Waals surface area contributed by atoms with Gasteiger partial charge in [-0.25, -0.2) is 0 Å². The van der Waals surface area contributed by atoms with Crippen LogP contribution in [-0.2, 0) is 4.79 Å². The zero-order valence-corrected chi connectivity index (χ0v) is 6.34. The number of rotatable bonds is 0. The fourth-order valence-corrected chi connectivity index (χ4v) is 2.17. The van der Waals surface area contributed by atoms with Crippen molar-refractivity contribution >= 4 is 5.91 Å². The Morgan fingerprint density at radius 1 is 1.50 bits per heavy atom. The van der Waals surface area contributed by atoms with E-state index < -0.39 is 0 Å². The third-order valence-corrected chi connectivity index (χ3v) is 2.86. The Kier molecular flexibility index (Phi) is 1.22. The van der Waals surface area contributed by atoms with E-state index in [-0.39, 0.29) is 0 Å². The van der Waals surface area contributed by atoms with E-state index in [1.165, 1.54) is 6.42 Å². The molecule has 2 fully saturated rings. The molecule has 2 rings (SSSR count). The zero-order valence-electron chi connectivity index (χ0n) is 6.34. The summed E-state index contributed by atoms with van der Waals surface area (Å²) >= 11 is 0. The first-order chi connectivity index (χ1) is 4.79. The van der Waals surface area contributed by atoms with Crippen molar-refractivity contribution in [3.05, 3.63) is 0 Å². The topological polar surface area (TPSA) is 20.3 Å². The molecule has 0 aromatic carbocycles. The molecular weight excluding hydrogens is 126 g/mol. The number of hydrogen-bond acceptors (Lipinski definition) is 1. The highest BCUT2D eigenvalue weighted by Gasteiger charge is 2.38. The van der Waals surface area contributed by atoms with Crippen LogP contribution in [0.5, 0.6) is 0 Å². The molecular formula is C8H13NO. The smallest absolute Gasteiger partial charge is 0.222 e. The Bertz CT molecular complexity index is 167. The predicted molar refractivity (Wildman–Crippen MR) is 38.5 cm³/mol. The van der Waals surface area contributed by atoms with E-state index in [1.54, 1.807) is 0 Å². The number of carbonyl (C=O) groups is 1. The fraction of sp³-hybridized carbons (Fsp3) is 0.875. The molecule has 0 bridgehead atoms. The van der Waals surface area contributed by atoms with Gasteiger partial charge >= 0.3 is 0 Å². The molecule has 2 heteroatoms. The maximum Gasteiger partial charge on any atom is 0.222 e. The van der Waals surface area contributed by atoms with Crippen LogP contribution >= 0.6 is 0 Å². The van der Waals surface area contributed by atoms with Gasteiger partial charge in [0.1, 0.15) is 0 Å². The molecule has 0 radical (unpaired) electrons. The number of hydrogen-bond donors (Lipinski definition) is 0. The van der Waals surface area contributed by atoms with Gasteiger partial charge in [0.25, 0.3) is 0 Å². The van der Waals surface area contributed by atoms with Gasteiger partial charge < -0.3 is 4.90 Å². The van der Waals surface area contributed by atoms with Crippen LogP contribution in [0.15, 0.2) is 0 Å². The van der Waals surface area contributed by atoms with Crippen molar-refractivity contribution in [2.45, 2.75) is 32.2 Å². The molecule has 2 aliphatic rings. The summed E-state index contributed by atoms with van der Waals surface area (Å²) in [4.78, 5) is 13.2. The Balaban J connectivity index is 2.16. The van der Waals surface area contributed by atoms with E-state index in [9.17, 15) is 4.79 Å². The van der Waals surface area contributed by atoms with E-state index in [0.717, 1.165) is 25.3 Å². The molecule has 0 saturated carbocycles. The largest absolute Gasteiger partial charge is 0.339 e. The van der Waals surface area contributed by atoms with Crippen LogP contribution in [0.3, 0.4) is 0 Å². The predicted octanol–water partition coefficient (Wildman–Crippen LogP) is 1.02. The molecule has 2 heterocycles. The molecule has 0 aromatic heterocycles. The molecule has 0 aromatic rings. The highest BCUT2D eigenvalue weighted by Crippen LogP contribution is 2.32. The summed E-state index contributed by atoms with van der Waals surface area (Å²) in [6.45, 7) is 3.27. The molecule has 0 spiro atoms. The maximum atomic E-state index is 11.1. The van der Waals surface area contributed by atoms with Crippen molar-refractivity contribution in [2.75, 3.05) is 6.54 Å². The summed E-state index contributed by atoms with van der Waals surface area (Å²) < 4.78 is 0. The van der Waals surface area contributed by atoms with Gasteiger partial charge in [-0.2, -0.15) is 0 Å². The van der Waals surface area contributed by atoms with Crippen molar-refractivity contribution in [1.82, 2.24) is 4.90 Å². The van der Waals surface area contributed by atoms with Crippen LogP contribution < -0.4 is 0 Å². The van der Waals surface area contributed by atoms with Gasteiger partial charge in [-0.1, -0.05) is 6.92 Å². The lowest BCUT2D eigenvalue weighted by molar-refractivity contribution is -0.128. The van der Waals surface area contributed by atoms with Crippen molar-refractivity contribution in [3.63, 3.8) is 0 Å². The molecule has 2 aliphatic heterocycles. The fourth-order valence-electron chi connectivity index (χ4n) is 2.17. The molecule has 0 unspecified atom stereocenters. The summed E-state index contributed by atoms with van der Waals surface area (Å²) in [5.41, 5.74) is 0. The van der Waals surface area contributed by atoms with Crippen LogP contribution in [0, 0.1) is 5.92 Å². The Hall–Kier alpha value is -0.530. The monoisotopic (exact) mass is 139 g/mol. The normalized spacial score (nSPS) is 38.9. The minimum absolute atomic E-state index is 0.384. The van der Waals surface area contributed by atoms with Crippen LogP contribution in [0.2, 0.25) is 0 Å². The van der Waals surface area contributed by atoms with Crippen molar-refractivity contribution in [2.24, 2.45) is 5.92 Å². The lowest BCUT2D eigenvalue weighted by Crippen LogP contribution is -2.28. The number of fused-ring (bicyclic) bond motifs is 1. The quantitative estimate of drug-likeness (QED) is 0.490. The van der Waals surface area contributed by atoms with Crippen molar-refractivity contribution in [3.8, 4) is 0 Å². The zero-order chi connectivity index (χ0) is 7.14. The average Bonchev–Trinajstić information content (AvgIpc) is 2.41. The first-order valence-corrected chi connectivity index (χ1v) is 4.08.